The highest BCUT2D eigenvalue weighted by Gasteiger charge is 2.06. The molecular formula is C16H13N3O2. The van der Waals surface area contributed by atoms with Gasteiger partial charge in [0.15, 0.2) is 0 Å². The number of benzene rings is 2. The van der Waals surface area contributed by atoms with Crippen LogP contribution in [0, 0.1) is 6.92 Å². The number of rotatable bonds is 3. The Hall–Kier alpha value is -2.95. The monoisotopic (exact) mass is 279 g/mol. The van der Waals surface area contributed by atoms with E-state index in [0.29, 0.717) is 11.6 Å². The highest BCUT2D eigenvalue weighted by molar-refractivity contribution is 5.89. The maximum Gasteiger partial charge on any atom is 0.335 e. The molecule has 0 bridgehead atoms. The van der Waals surface area contributed by atoms with Crippen LogP contribution in [0.1, 0.15) is 15.9 Å². The summed E-state index contributed by atoms with van der Waals surface area (Å²) < 4.78 is 0. The zero-order chi connectivity index (χ0) is 14.8. The van der Waals surface area contributed by atoms with Gasteiger partial charge in [-0.25, -0.2) is 14.8 Å². The van der Waals surface area contributed by atoms with E-state index in [1.807, 2.05) is 25.1 Å². The molecule has 3 aromatic rings. The van der Waals surface area contributed by atoms with E-state index in [0.717, 1.165) is 16.5 Å². The van der Waals surface area contributed by atoms with Crippen molar-refractivity contribution in [2.45, 2.75) is 6.92 Å². The first-order valence-corrected chi connectivity index (χ1v) is 6.46. The Morgan fingerprint density at radius 3 is 2.81 bits per heavy atom. The predicted molar refractivity (Wildman–Crippen MR) is 81.0 cm³/mol. The van der Waals surface area contributed by atoms with E-state index in [1.54, 1.807) is 30.5 Å². The fourth-order valence-corrected chi connectivity index (χ4v) is 2.12. The lowest BCUT2D eigenvalue weighted by Crippen LogP contribution is -2.00. The molecule has 5 nitrogen and oxygen atoms in total. The van der Waals surface area contributed by atoms with Gasteiger partial charge in [0.1, 0.15) is 0 Å². The summed E-state index contributed by atoms with van der Waals surface area (Å²) >= 11 is 0. The summed E-state index contributed by atoms with van der Waals surface area (Å²) in [6.45, 7) is 1.99. The van der Waals surface area contributed by atoms with Gasteiger partial charge in [-0.2, -0.15) is 0 Å². The second-order valence-electron chi connectivity index (χ2n) is 4.72. The molecule has 0 spiro atoms. The van der Waals surface area contributed by atoms with Crippen molar-refractivity contribution in [2.75, 3.05) is 5.32 Å². The van der Waals surface area contributed by atoms with Gasteiger partial charge in [-0.05, 0) is 30.7 Å². The maximum absolute atomic E-state index is 11.0. The molecule has 0 saturated heterocycles. The van der Waals surface area contributed by atoms with Gasteiger partial charge in [0.2, 0.25) is 5.95 Å². The van der Waals surface area contributed by atoms with Crippen LogP contribution in [0.25, 0.3) is 10.9 Å². The molecule has 0 unspecified atom stereocenters. The molecule has 3 rings (SSSR count). The molecule has 0 radical (unpaired) electrons. The average Bonchev–Trinajstić information content (AvgIpc) is 2.48. The molecule has 104 valence electrons. The Bertz CT molecular complexity index is 831. The minimum Gasteiger partial charge on any atom is -0.478 e. The molecule has 0 atom stereocenters. The van der Waals surface area contributed by atoms with E-state index >= 15 is 0 Å². The molecule has 0 aliphatic heterocycles. The van der Waals surface area contributed by atoms with Gasteiger partial charge in [0.05, 0.1) is 11.1 Å². The SMILES string of the molecule is Cc1cccc2cnc(Nc3cccc(C(=O)O)c3)nc12. The third-order valence-corrected chi connectivity index (χ3v) is 3.18. The molecule has 0 amide bonds. The second-order valence-corrected chi connectivity index (χ2v) is 4.72. The number of aromatic carboxylic acids is 1. The van der Waals surface area contributed by atoms with Crippen LogP contribution in [0.3, 0.4) is 0 Å². The van der Waals surface area contributed by atoms with Crippen molar-refractivity contribution in [3.8, 4) is 0 Å². The lowest BCUT2D eigenvalue weighted by atomic mass is 10.1. The lowest BCUT2D eigenvalue weighted by molar-refractivity contribution is 0.0697. The van der Waals surface area contributed by atoms with Crippen LogP contribution in [0.15, 0.2) is 48.7 Å². The fraction of sp³-hybridized carbons (Fsp3) is 0.0625. The van der Waals surface area contributed by atoms with Gasteiger partial charge in [-0.3, -0.25) is 0 Å². The zero-order valence-electron chi connectivity index (χ0n) is 11.4. The Labute approximate surface area is 121 Å². The molecule has 0 fully saturated rings. The highest BCUT2D eigenvalue weighted by Crippen LogP contribution is 2.19. The van der Waals surface area contributed by atoms with Gasteiger partial charge in [-0.1, -0.05) is 24.3 Å². The first kappa shape index (κ1) is 13.1. The Morgan fingerprint density at radius 2 is 2.00 bits per heavy atom. The number of hydrogen-bond donors (Lipinski definition) is 2. The summed E-state index contributed by atoms with van der Waals surface area (Å²) in [7, 11) is 0. The number of carboxylic acid groups (broad SMARTS) is 1. The Morgan fingerprint density at radius 1 is 1.19 bits per heavy atom. The molecule has 5 heteroatoms. The molecule has 0 saturated carbocycles. The summed E-state index contributed by atoms with van der Waals surface area (Å²) in [5.41, 5.74) is 2.81. The predicted octanol–water partition coefficient (Wildman–Crippen LogP) is 3.38. The maximum atomic E-state index is 11.0. The molecular weight excluding hydrogens is 266 g/mol. The van der Waals surface area contributed by atoms with Gasteiger partial charge in [-0.15, -0.1) is 0 Å². The van der Waals surface area contributed by atoms with Crippen LogP contribution in [0.4, 0.5) is 11.6 Å². The smallest absolute Gasteiger partial charge is 0.335 e. The number of nitrogens with one attached hydrogen (secondary N) is 1. The first-order chi connectivity index (χ1) is 10.1. The van der Waals surface area contributed by atoms with Gasteiger partial charge >= 0.3 is 5.97 Å². The van der Waals surface area contributed by atoms with Crippen LogP contribution in [0.2, 0.25) is 0 Å². The van der Waals surface area contributed by atoms with E-state index in [4.69, 9.17) is 5.11 Å². The molecule has 2 N–H and O–H groups in total. The normalized spacial score (nSPS) is 10.5. The fourth-order valence-electron chi connectivity index (χ4n) is 2.12. The number of carboxylic acids is 1. The molecule has 1 aromatic heterocycles. The molecule has 1 heterocycles. The Kier molecular flexibility index (Phi) is 3.23. The van der Waals surface area contributed by atoms with E-state index in [9.17, 15) is 4.79 Å². The zero-order valence-corrected chi connectivity index (χ0v) is 11.4. The number of nitrogens with zero attached hydrogens (tertiary/aromatic N) is 2. The number of hydrogen-bond acceptors (Lipinski definition) is 4. The average molecular weight is 279 g/mol. The third-order valence-electron chi connectivity index (χ3n) is 3.18. The molecule has 2 aromatic carbocycles. The second kappa shape index (κ2) is 5.20. The third kappa shape index (κ3) is 2.67. The minimum atomic E-state index is -0.964. The number of fused-ring (bicyclic) bond motifs is 1. The van der Waals surface area contributed by atoms with Crippen molar-refractivity contribution in [1.82, 2.24) is 9.97 Å². The van der Waals surface area contributed by atoms with Crippen molar-refractivity contribution in [1.29, 1.82) is 0 Å². The topological polar surface area (TPSA) is 75.1 Å². The lowest BCUT2D eigenvalue weighted by Gasteiger charge is -2.07. The van der Waals surface area contributed by atoms with Crippen LogP contribution >= 0.6 is 0 Å². The van der Waals surface area contributed by atoms with Gasteiger partial charge in [0, 0.05) is 17.3 Å². The Balaban J connectivity index is 1.96. The van der Waals surface area contributed by atoms with Crippen molar-refractivity contribution < 1.29 is 9.90 Å². The van der Waals surface area contributed by atoms with Crippen LogP contribution in [-0.2, 0) is 0 Å². The first-order valence-electron chi connectivity index (χ1n) is 6.46. The summed E-state index contributed by atoms with van der Waals surface area (Å²) in [5.74, 6) is -0.520. The summed E-state index contributed by atoms with van der Waals surface area (Å²) in [5, 5.41) is 13.0. The van der Waals surface area contributed by atoms with Crippen LogP contribution in [-0.4, -0.2) is 21.0 Å². The number of anilines is 2. The minimum absolute atomic E-state index is 0.219. The number of aromatic nitrogens is 2. The van der Waals surface area contributed by atoms with Crippen molar-refractivity contribution in [2.24, 2.45) is 0 Å². The number of aryl methyl sites for hydroxylation is 1. The van der Waals surface area contributed by atoms with E-state index in [1.165, 1.54) is 0 Å². The molecule has 0 aliphatic carbocycles. The van der Waals surface area contributed by atoms with E-state index in [2.05, 4.69) is 15.3 Å². The van der Waals surface area contributed by atoms with E-state index < -0.39 is 5.97 Å². The van der Waals surface area contributed by atoms with Gasteiger partial charge in [0.25, 0.3) is 0 Å². The molecule has 21 heavy (non-hydrogen) atoms. The highest BCUT2D eigenvalue weighted by atomic mass is 16.4. The number of para-hydroxylation sites is 1. The van der Waals surface area contributed by atoms with Crippen molar-refractivity contribution >= 4 is 28.5 Å². The van der Waals surface area contributed by atoms with Crippen LogP contribution < -0.4 is 5.32 Å². The quantitative estimate of drug-likeness (QED) is 0.768. The van der Waals surface area contributed by atoms with Crippen molar-refractivity contribution in [3.05, 3.63) is 59.8 Å². The molecule has 0 aliphatic rings. The summed E-state index contributed by atoms with van der Waals surface area (Å²) in [6.07, 6.45) is 1.75. The van der Waals surface area contributed by atoms with Crippen molar-refractivity contribution in [3.63, 3.8) is 0 Å². The summed E-state index contributed by atoms with van der Waals surface area (Å²) in [6, 6.07) is 12.5. The standard InChI is InChI=1S/C16H13N3O2/c1-10-4-2-6-12-9-17-16(19-14(10)12)18-13-7-3-5-11(8-13)15(20)21/h2-9H,1H3,(H,20,21)(H,17,18,19). The largest absolute Gasteiger partial charge is 0.478 e. The summed E-state index contributed by atoms with van der Waals surface area (Å²) in [4.78, 5) is 19.7. The number of carbonyl (C=O) groups is 1. The van der Waals surface area contributed by atoms with Crippen LogP contribution in [0.5, 0.6) is 0 Å². The van der Waals surface area contributed by atoms with E-state index in [-0.39, 0.29) is 5.56 Å². The van der Waals surface area contributed by atoms with Gasteiger partial charge < -0.3 is 10.4 Å².